The van der Waals surface area contributed by atoms with E-state index in [1.165, 1.54) is 16.4 Å². The fourth-order valence-electron chi connectivity index (χ4n) is 2.49. The Labute approximate surface area is 141 Å². The van der Waals surface area contributed by atoms with E-state index in [1.807, 2.05) is 13.1 Å². The number of aliphatic imine (C=N–C) groups is 1. The highest BCUT2D eigenvalue weighted by molar-refractivity contribution is 7.56. The number of phenols is 1. The van der Waals surface area contributed by atoms with E-state index in [1.54, 1.807) is 7.05 Å². The minimum atomic E-state index is 0.0681. The summed E-state index contributed by atoms with van der Waals surface area (Å²) in [6.07, 6.45) is 1.90. The fraction of sp³-hybridized carbons (Fsp3) is 0.350. The molecule has 0 aliphatic rings. The summed E-state index contributed by atoms with van der Waals surface area (Å²) in [5, 5.41) is 12.7. The molecule has 0 saturated heterocycles. The van der Waals surface area contributed by atoms with Crippen molar-refractivity contribution in [2.24, 2.45) is 4.99 Å². The molecule has 1 unspecified atom stereocenters. The first kappa shape index (κ1) is 17.7. The van der Waals surface area contributed by atoms with Crippen molar-refractivity contribution >= 4 is 25.4 Å². The van der Waals surface area contributed by atoms with Gasteiger partial charge in [-0.25, -0.2) is 0 Å². The van der Waals surface area contributed by atoms with Crippen LogP contribution < -0.4 is 10.6 Å². The Morgan fingerprint density at radius 3 is 2.35 bits per heavy atom. The number of nitrogens with zero attached hydrogens (tertiary/aromatic N) is 1. The van der Waals surface area contributed by atoms with Gasteiger partial charge in [-0.3, -0.25) is 4.99 Å². The summed E-state index contributed by atoms with van der Waals surface area (Å²) >= 11 is 0. The molecular weight excluding hydrogens is 301 g/mol. The van der Waals surface area contributed by atoms with Crippen LogP contribution in [0.4, 0.5) is 0 Å². The molecule has 0 fully saturated rings. The van der Waals surface area contributed by atoms with Crippen LogP contribution in [0.2, 0.25) is 0 Å². The van der Waals surface area contributed by atoms with Crippen LogP contribution in [-0.4, -0.2) is 18.4 Å². The van der Waals surface area contributed by atoms with E-state index in [4.69, 9.17) is 0 Å². The van der Waals surface area contributed by atoms with Crippen molar-refractivity contribution in [2.45, 2.75) is 40.0 Å². The molecule has 0 saturated carbocycles. The molecule has 0 aromatic heterocycles. The molecule has 0 bridgehead atoms. The van der Waals surface area contributed by atoms with Gasteiger partial charge in [0.2, 0.25) is 0 Å². The van der Waals surface area contributed by atoms with E-state index >= 15 is 0 Å². The third kappa shape index (κ3) is 4.20. The van der Waals surface area contributed by atoms with Gasteiger partial charge in [-0.2, -0.15) is 0 Å². The van der Waals surface area contributed by atoms with Crippen LogP contribution in [0.5, 0.6) is 5.75 Å². The first-order valence-electron chi connectivity index (χ1n) is 7.86. The minimum absolute atomic E-state index is 0.0681. The second-order valence-electron chi connectivity index (χ2n) is 7.04. The van der Waals surface area contributed by atoms with Crippen LogP contribution in [0.3, 0.4) is 0 Å². The highest BCUT2D eigenvalue weighted by Crippen LogP contribution is 2.30. The van der Waals surface area contributed by atoms with Crippen molar-refractivity contribution in [1.82, 2.24) is 0 Å². The highest BCUT2D eigenvalue weighted by atomic mass is 31.1. The van der Waals surface area contributed by atoms with Gasteiger partial charge in [0.1, 0.15) is 5.75 Å². The highest BCUT2D eigenvalue weighted by Gasteiger charge is 2.18. The van der Waals surface area contributed by atoms with Crippen LogP contribution in [-0.2, 0) is 5.41 Å². The monoisotopic (exact) mass is 327 g/mol. The molecule has 23 heavy (non-hydrogen) atoms. The van der Waals surface area contributed by atoms with Gasteiger partial charge >= 0.3 is 0 Å². The van der Waals surface area contributed by atoms with Gasteiger partial charge in [0.25, 0.3) is 0 Å². The van der Waals surface area contributed by atoms with E-state index in [0.29, 0.717) is 14.3 Å². The molecule has 2 aromatic carbocycles. The number of hydrogen-bond donors (Lipinski definition) is 1. The topological polar surface area (TPSA) is 32.6 Å². The Morgan fingerprint density at radius 1 is 1.04 bits per heavy atom. The third-order valence-electron chi connectivity index (χ3n) is 3.91. The Bertz CT molecular complexity index is 742. The molecular formula is C20H26NOP. The number of benzene rings is 2. The summed E-state index contributed by atoms with van der Waals surface area (Å²) in [6.45, 7) is 10.7. The Kier molecular flexibility index (Phi) is 5.26. The summed E-state index contributed by atoms with van der Waals surface area (Å²) < 4.78 is 0. The molecule has 0 aliphatic carbocycles. The quantitative estimate of drug-likeness (QED) is 0.671. The van der Waals surface area contributed by atoms with Gasteiger partial charge in [0.05, 0.1) is 0 Å². The number of hydrogen-bond acceptors (Lipinski definition) is 2. The molecule has 0 aliphatic heterocycles. The first-order valence-corrected chi connectivity index (χ1v) is 8.86. The number of aromatic hydroxyl groups is 1. The van der Waals surface area contributed by atoms with Crippen molar-refractivity contribution < 1.29 is 5.11 Å². The van der Waals surface area contributed by atoms with Gasteiger partial charge in [-0.1, -0.05) is 53.1 Å². The Morgan fingerprint density at radius 2 is 1.74 bits per heavy atom. The van der Waals surface area contributed by atoms with Crippen molar-refractivity contribution in [2.75, 3.05) is 7.05 Å². The molecule has 3 heteroatoms. The van der Waals surface area contributed by atoms with Gasteiger partial charge in [0, 0.05) is 24.1 Å². The predicted molar refractivity (Wildman–Crippen MR) is 104 cm³/mol. The van der Waals surface area contributed by atoms with E-state index in [9.17, 15) is 5.11 Å². The zero-order chi connectivity index (χ0) is 17.2. The van der Waals surface area contributed by atoms with Crippen molar-refractivity contribution in [3.05, 3.63) is 52.6 Å². The molecule has 0 spiro atoms. The van der Waals surface area contributed by atoms with Gasteiger partial charge in [-0.05, 0) is 47.8 Å². The van der Waals surface area contributed by atoms with Crippen LogP contribution in [0.25, 0.3) is 0 Å². The van der Waals surface area contributed by atoms with Crippen molar-refractivity contribution in [3.63, 3.8) is 0 Å². The van der Waals surface area contributed by atoms with Crippen molar-refractivity contribution in [1.29, 1.82) is 0 Å². The molecule has 2 nitrogen and oxygen atoms in total. The van der Waals surface area contributed by atoms with Crippen LogP contribution in [0, 0.1) is 13.8 Å². The lowest BCUT2D eigenvalue weighted by atomic mass is 9.86. The molecule has 122 valence electrons. The number of rotatable bonds is 3. The summed E-state index contributed by atoms with van der Waals surface area (Å²) in [6, 6.07) is 10.6. The SMILES string of the molecule is C/N=C/c1cc(C)ccc1Pc1cc(C(C)(C)C)cc(C)c1O. The minimum Gasteiger partial charge on any atom is -0.507 e. The lowest BCUT2D eigenvalue weighted by molar-refractivity contribution is 0.474. The smallest absolute Gasteiger partial charge is 0.126 e. The van der Waals surface area contributed by atoms with E-state index in [-0.39, 0.29) is 5.41 Å². The van der Waals surface area contributed by atoms with Crippen molar-refractivity contribution in [3.8, 4) is 5.75 Å². The lowest BCUT2D eigenvalue weighted by Crippen LogP contribution is -2.16. The maximum absolute atomic E-state index is 10.5. The number of aryl methyl sites for hydroxylation is 2. The Hall–Kier alpha value is -1.66. The first-order chi connectivity index (χ1) is 10.7. The standard InChI is InChI=1S/C20H26NOP/c1-13-7-8-17(15(9-13)12-21-6)23-18-11-16(20(3,4)5)10-14(2)19(18)22/h7-12,22-23H,1-6H3/b21-12+. The fourth-order valence-corrected chi connectivity index (χ4v) is 3.78. The molecule has 0 amide bonds. The molecule has 0 radical (unpaired) electrons. The van der Waals surface area contributed by atoms with Gasteiger partial charge in [0.15, 0.2) is 0 Å². The van der Waals surface area contributed by atoms with E-state index in [0.717, 1.165) is 16.4 Å². The predicted octanol–water partition coefficient (Wildman–Crippen LogP) is 3.98. The number of phenolic OH excluding ortho intramolecular Hbond substituents is 1. The maximum Gasteiger partial charge on any atom is 0.126 e. The summed E-state index contributed by atoms with van der Waals surface area (Å²) in [5.74, 6) is 0.413. The summed E-state index contributed by atoms with van der Waals surface area (Å²) in [7, 11) is 2.20. The van der Waals surface area contributed by atoms with E-state index in [2.05, 4.69) is 63.0 Å². The lowest BCUT2D eigenvalue weighted by Gasteiger charge is -2.22. The largest absolute Gasteiger partial charge is 0.507 e. The molecule has 1 N–H and O–H groups in total. The second kappa shape index (κ2) is 6.84. The van der Waals surface area contributed by atoms with Crippen LogP contribution in [0.1, 0.15) is 43.0 Å². The average molecular weight is 327 g/mol. The summed E-state index contributed by atoms with van der Waals surface area (Å²) in [5.41, 5.74) is 4.62. The normalized spacial score (nSPS) is 12.6. The van der Waals surface area contributed by atoms with Crippen LogP contribution >= 0.6 is 8.58 Å². The molecule has 2 rings (SSSR count). The van der Waals surface area contributed by atoms with Gasteiger partial charge in [-0.15, -0.1) is 0 Å². The molecule has 0 heterocycles. The zero-order valence-electron chi connectivity index (χ0n) is 14.9. The molecule has 1 atom stereocenters. The van der Waals surface area contributed by atoms with Crippen LogP contribution in [0.15, 0.2) is 35.3 Å². The zero-order valence-corrected chi connectivity index (χ0v) is 15.9. The van der Waals surface area contributed by atoms with E-state index < -0.39 is 0 Å². The molecule has 2 aromatic rings. The Balaban J connectivity index is 2.50. The summed E-state index contributed by atoms with van der Waals surface area (Å²) in [4.78, 5) is 4.16. The van der Waals surface area contributed by atoms with Gasteiger partial charge < -0.3 is 5.11 Å². The third-order valence-corrected chi connectivity index (χ3v) is 5.29. The maximum atomic E-state index is 10.5. The second-order valence-corrected chi connectivity index (χ2v) is 8.37. The average Bonchev–Trinajstić information content (AvgIpc) is 2.45.